The molecule has 0 atom stereocenters. The molecule has 0 aliphatic heterocycles. The lowest BCUT2D eigenvalue weighted by molar-refractivity contribution is 0.549. The molecule has 1 rings (SSSR count). The van der Waals surface area contributed by atoms with Crippen LogP contribution in [0.5, 0.6) is 0 Å². The van der Waals surface area contributed by atoms with E-state index in [9.17, 15) is 12.3 Å². The van der Waals surface area contributed by atoms with Crippen molar-refractivity contribution in [3.05, 3.63) is 29.8 Å². The third-order valence-corrected chi connectivity index (χ3v) is 3.95. The van der Waals surface area contributed by atoms with Crippen LogP contribution in [-0.2, 0) is 10.2 Å². The minimum atomic E-state index is -4.28. The maximum Gasteiger partial charge on any atom is 0.302 e. The Hall–Kier alpha value is -0.550. The van der Waals surface area contributed by atoms with Gasteiger partial charge in [-0.25, -0.2) is 0 Å². The lowest BCUT2D eigenvalue weighted by Gasteiger charge is -2.01. The number of halogens is 1. The fraction of sp³-hybridized carbons (Fsp3) is 0.455. The van der Waals surface area contributed by atoms with Crippen molar-refractivity contribution in [1.29, 1.82) is 0 Å². The Bertz CT molecular complexity index is 412. The average Bonchev–Trinajstić information content (AvgIpc) is 2.19. The molecule has 2 nitrogen and oxygen atoms in total. The second-order valence-electron chi connectivity index (χ2n) is 3.61. The summed E-state index contributed by atoms with van der Waals surface area (Å²) in [6, 6.07) is 8.14. The summed E-state index contributed by atoms with van der Waals surface area (Å²) in [5, 5.41) is 0. The quantitative estimate of drug-likeness (QED) is 0.448. The van der Waals surface area contributed by atoms with Crippen LogP contribution in [0.15, 0.2) is 29.2 Å². The maximum absolute atomic E-state index is 12.1. The minimum Gasteiger partial charge on any atom is -0.195 e. The summed E-state index contributed by atoms with van der Waals surface area (Å²) in [6.07, 6.45) is 1.10. The highest BCUT2D eigenvalue weighted by Gasteiger charge is 2.05. The molecule has 90 valence electrons. The van der Waals surface area contributed by atoms with E-state index in [4.69, 9.17) is 0 Å². The van der Waals surface area contributed by atoms with Gasteiger partial charge in [-0.15, -0.1) is 15.6 Å². The van der Waals surface area contributed by atoms with Gasteiger partial charge < -0.3 is 0 Å². The van der Waals surface area contributed by atoms with Crippen LogP contribution in [0.25, 0.3) is 0 Å². The van der Waals surface area contributed by atoms with Gasteiger partial charge in [-0.3, -0.25) is 0 Å². The standard InChI is InChI=1S/C11H15FO2S2/c1-10-4-6-11(7-5-10)15-8-2-3-9-16(12,13)14/h4-7H,2-3,8-9H2,1H3. The number of rotatable bonds is 6. The molecule has 0 bridgehead atoms. The third kappa shape index (κ3) is 6.12. The van der Waals surface area contributed by atoms with E-state index in [1.165, 1.54) is 5.56 Å². The van der Waals surface area contributed by atoms with Crippen molar-refractivity contribution < 1.29 is 12.3 Å². The molecule has 0 aliphatic rings. The monoisotopic (exact) mass is 262 g/mol. The van der Waals surface area contributed by atoms with E-state index < -0.39 is 10.2 Å². The average molecular weight is 262 g/mol. The van der Waals surface area contributed by atoms with Gasteiger partial charge in [-0.05, 0) is 37.7 Å². The van der Waals surface area contributed by atoms with Crippen LogP contribution in [0.3, 0.4) is 0 Å². The van der Waals surface area contributed by atoms with E-state index in [0.29, 0.717) is 12.8 Å². The summed E-state index contributed by atoms with van der Waals surface area (Å²) in [7, 11) is -4.28. The first-order chi connectivity index (χ1) is 7.47. The van der Waals surface area contributed by atoms with Crippen molar-refractivity contribution in [2.24, 2.45) is 0 Å². The van der Waals surface area contributed by atoms with Gasteiger partial charge >= 0.3 is 10.2 Å². The molecule has 0 spiro atoms. The van der Waals surface area contributed by atoms with Gasteiger partial charge in [-0.1, -0.05) is 17.7 Å². The summed E-state index contributed by atoms with van der Waals surface area (Å²) >= 11 is 1.66. The largest absolute Gasteiger partial charge is 0.302 e. The number of hydrogen-bond donors (Lipinski definition) is 0. The van der Waals surface area contributed by atoms with E-state index in [0.717, 1.165) is 10.6 Å². The first-order valence-electron chi connectivity index (χ1n) is 5.09. The summed E-state index contributed by atoms with van der Waals surface area (Å²) in [6.45, 7) is 2.03. The first-order valence-corrected chi connectivity index (χ1v) is 7.63. The van der Waals surface area contributed by atoms with E-state index in [2.05, 4.69) is 0 Å². The van der Waals surface area contributed by atoms with Gasteiger partial charge in [0.15, 0.2) is 0 Å². The van der Waals surface area contributed by atoms with E-state index in [1.807, 2.05) is 31.2 Å². The van der Waals surface area contributed by atoms with E-state index in [1.54, 1.807) is 11.8 Å². The van der Waals surface area contributed by atoms with E-state index >= 15 is 0 Å². The number of hydrogen-bond acceptors (Lipinski definition) is 3. The second kappa shape index (κ2) is 6.25. The molecule has 0 aromatic heterocycles. The Morgan fingerprint density at radius 2 is 1.81 bits per heavy atom. The smallest absolute Gasteiger partial charge is 0.195 e. The van der Waals surface area contributed by atoms with Gasteiger partial charge in [0.25, 0.3) is 0 Å². The number of benzene rings is 1. The first kappa shape index (κ1) is 13.5. The van der Waals surface area contributed by atoms with Crippen molar-refractivity contribution in [1.82, 2.24) is 0 Å². The predicted molar refractivity (Wildman–Crippen MR) is 66.0 cm³/mol. The molecule has 0 radical (unpaired) electrons. The van der Waals surface area contributed by atoms with Crippen molar-refractivity contribution in [3.63, 3.8) is 0 Å². The van der Waals surface area contributed by atoms with Gasteiger partial charge in [0.2, 0.25) is 0 Å². The van der Waals surface area contributed by atoms with Gasteiger partial charge in [0.05, 0.1) is 5.75 Å². The summed E-state index contributed by atoms with van der Waals surface area (Å²) in [5.74, 6) is 0.458. The highest BCUT2D eigenvalue weighted by Crippen LogP contribution is 2.19. The predicted octanol–water partition coefficient (Wildman–Crippen LogP) is 3.17. The van der Waals surface area contributed by atoms with Crippen molar-refractivity contribution in [2.45, 2.75) is 24.7 Å². The van der Waals surface area contributed by atoms with Gasteiger partial charge in [-0.2, -0.15) is 8.42 Å². The van der Waals surface area contributed by atoms with Crippen LogP contribution in [0.1, 0.15) is 18.4 Å². The highest BCUT2D eigenvalue weighted by molar-refractivity contribution is 7.99. The Labute approximate surface area is 100 Å². The normalized spacial score (nSPS) is 11.6. The number of thioether (sulfide) groups is 1. The number of unbranched alkanes of at least 4 members (excludes halogenated alkanes) is 1. The van der Waals surface area contributed by atoms with Crippen LogP contribution in [0.4, 0.5) is 3.89 Å². The summed E-state index contributed by atoms with van der Waals surface area (Å²) < 4.78 is 32.6. The Morgan fingerprint density at radius 3 is 2.38 bits per heavy atom. The zero-order chi connectivity index (χ0) is 12.0. The van der Waals surface area contributed by atoms with Crippen LogP contribution < -0.4 is 0 Å². The molecule has 1 aromatic carbocycles. The van der Waals surface area contributed by atoms with Gasteiger partial charge in [0, 0.05) is 4.90 Å². The van der Waals surface area contributed by atoms with E-state index in [-0.39, 0.29) is 5.75 Å². The molecule has 0 aliphatic carbocycles. The summed E-state index contributed by atoms with van der Waals surface area (Å²) in [4.78, 5) is 1.16. The maximum atomic E-state index is 12.1. The molecular formula is C11H15FO2S2. The Morgan fingerprint density at radius 1 is 1.19 bits per heavy atom. The molecule has 5 heteroatoms. The molecule has 0 amide bonds. The topological polar surface area (TPSA) is 34.1 Å². The summed E-state index contributed by atoms with van der Waals surface area (Å²) in [5.41, 5.74) is 1.22. The third-order valence-electron chi connectivity index (χ3n) is 2.07. The van der Waals surface area contributed by atoms with Crippen molar-refractivity contribution >= 4 is 22.0 Å². The zero-order valence-electron chi connectivity index (χ0n) is 9.15. The second-order valence-corrected chi connectivity index (χ2v) is 6.27. The molecule has 0 saturated heterocycles. The van der Waals surface area contributed by atoms with Crippen LogP contribution in [-0.4, -0.2) is 19.9 Å². The molecule has 0 heterocycles. The Kier molecular flexibility index (Phi) is 5.28. The molecule has 0 fully saturated rings. The molecule has 16 heavy (non-hydrogen) atoms. The SMILES string of the molecule is Cc1ccc(SCCCCS(=O)(=O)F)cc1. The molecular weight excluding hydrogens is 247 g/mol. The molecule has 1 aromatic rings. The molecule has 0 N–H and O–H groups in total. The zero-order valence-corrected chi connectivity index (χ0v) is 10.8. The van der Waals surface area contributed by atoms with Crippen LogP contribution in [0, 0.1) is 6.92 Å². The molecule has 0 unspecified atom stereocenters. The lowest BCUT2D eigenvalue weighted by Crippen LogP contribution is -1.98. The van der Waals surface area contributed by atoms with Crippen LogP contribution >= 0.6 is 11.8 Å². The van der Waals surface area contributed by atoms with Crippen molar-refractivity contribution in [2.75, 3.05) is 11.5 Å². The minimum absolute atomic E-state index is 0.360. The lowest BCUT2D eigenvalue weighted by atomic mass is 10.2. The van der Waals surface area contributed by atoms with Crippen LogP contribution in [0.2, 0.25) is 0 Å². The fourth-order valence-electron chi connectivity index (χ4n) is 1.20. The van der Waals surface area contributed by atoms with Crippen molar-refractivity contribution in [3.8, 4) is 0 Å². The number of aryl methyl sites for hydroxylation is 1. The molecule has 0 saturated carbocycles. The highest BCUT2D eigenvalue weighted by atomic mass is 32.3. The Balaban J connectivity index is 2.19. The van der Waals surface area contributed by atoms with Gasteiger partial charge in [0.1, 0.15) is 0 Å². The fourth-order valence-corrected chi connectivity index (χ4v) is 2.66.